The summed E-state index contributed by atoms with van der Waals surface area (Å²) in [6, 6.07) is 8.52. The van der Waals surface area contributed by atoms with Crippen LogP contribution in [0.5, 0.6) is 0 Å². The second-order valence-corrected chi connectivity index (χ2v) is 4.52. The van der Waals surface area contributed by atoms with E-state index in [4.69, 9.17) is 5.73 Å². The molecule has 1 aromatic carbocycles. The van der Waals surface area contributed by atoms with E-state index in [-0.39, 0.29) is 6.04 Å². The van der Waals surface area contributed by atoms with E-state index in [0.29, 0.717) is 5.92 Å². The van der Waals surface area contributed by atoms with Crippen LogP contribution in [0.3, 0.4) is 0 Å². The van der Waals surface area contributed by atoms with Crippen molar-refractivity contribution in [1.82, 2.24) is 4.98 Å². The van der Waals surface area contributed by atoms with Gasteiger partial charge in [0.1, 0.15) is 0 Å². The van der Waals surface area contributed by atoms with Gasteiger partial charge in [0, 0.05) is 23.1 Å². The fraction of sp³-hybridized carbons (Fsp3) is 0.385. The molecule has 0 radical (unpaired) electrons. The van der Waals surface area contributed by atoms with Gasteiger partial charge >= 0.3 is 0 Å². The first kappa shape index (κ1) is 10.2. The molecule has 0 aliphatic carbocycles. The summed E-state index contributed by atoms with van der Waals surface area (Å²) < 4.78 is 0. The summed E-state index contributed by atoms with van der Waals surface area (Å²) in [6.07, 6.45) is 3.00. The standard InChI is InChI=1S/C13H18N2/c1-9(2)8-12(14)10-4-3-5-13-11(10)6-7-15-13/h3-7,9,12,15H,8,14H2,1-2H3/t12-/m0/s1. The zero-order chi connectivity index (χ0) is 10.8. The molecule has 0 unspecified atom stereocenters. The van der Waals surface area contributed by atoms with E-state index in [1.54, 1.807) is 0 Å². The van der Waals surface area contributed by atoms with Gasteiger partial charge < -0.3 is 10.7 Å². The third-order valence-electron chi connectivity index (χ3n) is 2.75. The molecule has 2 heteroatoms. The molecule has 0 saturated carbocycles. The Balaban J connectivity index is 2.38. The molecule has 2 aromatic rings. The summed E-state index contributed by atoms with van der Waals surface area (Å²) in [5.74, 6) is 0.634. The van der Waals surface area contributed by atoms with Crippen LogP contribution in [0.2, 0.25) is 0 Å². The van der Waals surface area contributed by atoms with Gasteiger partial charge in [-0.15, -0.1) is 0 Å². The molecule has 1 atom stereocenters. The molecule has 1 heterocycles. The number of benzene rings is 1. The van der Waals surface area contributed by atoms with Gasteiger partial charge in [-0.3, -0.25) is 0 Å². The predicted octanol–water partition coefficient (Wildman–Crippen LogP) is 3.21. The third-order valence-corrected chi connectivity index (χ3v) is 2.75. The van der Waals surface area contributed by atoms with E-state index < -0.39 is 0 Å². The molecule has 1 aromatic heterocycles. The SMILES string of the molecule is CC(C)C[C@H](N)c1cccc2[nH]ccc12. The van der Waals surface area contributed by atoms with Gasteiger partial charge in [-0.2, -0.15) is 0 Å². The summed E-state index contributed by atoms with van der Waals surface area (Å²) in [6.45, 7) is 4.41. The van der Waals surface area contributed by atoms with Gasteiger partial charge in [0.15, 0.2) is 0 Å². The fourth-order valence-electron chi connectivity index (χ4n) is 2.07. The van der Waals surface area contributed by atoms with E-state index in [1.165, 1.54) is 16.5 Å². The Morgan fingerprint density at radius 1 is 1.27 bits per heavy atom. The molecule has 0 saturated heterocycles. The minimum absolute atomic E-state index is 0.143. The molecule has 3 N–H and O–H groups in total. The van der Waals surface area contributed by atoms with Gasteiger partial charge in [-0.05, 0) is 30.0 Å². The van der Waals surface area contributed by atoms with Gasteiger partial charge in [0.05, 0.1) is 0 Å². The maximum atomic E-state index is 6.21. The maximum absolute atomic E-state index is 6.21. The zero-order valence-electron chi connectivity index (χ0n) is 9.33. The average molecular weight is 202 g/mol. The van der Waals surface area contributed by atoms with Crippen molar-refractivity contribution in [3.8, 4) is 0 Å². The fourth-order valence-corrected chi connectivity index (χ4v) is 2.07. The number of H-pyrrole nitrogens is 1. The largest absolute Gasteiger partial charge is 0.361 e. The number of aromatic nitrogens is 1. The van der Waals surface area contributed by atoms with Crippen molar-refractivity contribution in [2.75, 3.05) is 0 Å². The highest BCUT2D eigenvalue weighted by molar-refractivity contribution is 5.83. The Hall–Kier alpha value is -1.28. The van der Waals surface area contributed by atoms with E-state index in [0.717, 1.165) is 6.42 Å². The number of fused-ring (bicyclic) bond motifs is 1. The first-order valence-electron chi connectivity index (χ1n) is 5.50. The van der Waals surface area contributed by atoms with Crippen molar-refractivity contribution < 1.29 is 0 Å². The Morgan fingerprint density at radius 3 is 2.80 bits per heavy atom. The van der Waals surface area contributed by atoms with Crippen molar-refractivity contribution in [2.45, 2.75) is 26.3 Å². The number of hydrogen-bond acceptors (Lipinski definition) is 1. The molecule has 2 nitrogen and oxygen atoms in total. The lowest BCUT2D eigenvalue weighted by Gasteiger charge is -2.15. The Morgan fingerprint density at radius 2 is 2.07 bits per heavy atom. The second kappa shape index (κ2) is 4.07. The van der Waals surface area contributed by atoms with Gasteiger partial charge in [0.2, 0.25) is 0 Å². The number of rotatable bonds is 3. The number of hydrogen-bond donors (Lipinski definition) is 2. The van der Waals surface area contributed by atoms with Crippen molar-refractivity contribution >= 4 is 10.9 Å². The van der Waals surface area contributed by atoms with Crippen LogP contribution >= 0.6 is 0 Å². The molecule has 0 aliphatic rings. The lowest BCUT2D eigenvalue weighted by Crippen LogP contribution is -2.13. The topological polar surface area (TPSA) is 41.8 Å². The maximum Gasteiger partial charge on any atom is 0.0457 e. The van der Waals surface area contributed by atoms with Crippen LogP contribution in [-0.4, -0.2) is 4.98 Å². The monoisotopic (exact) mass is 202 g/mol. The van der Waals surface area contributed by atoms with Gasteiger partial charge in [0.25, 0.3) is 0 Å². The van der Waals surface area contributed by atoms with Crippen molar-refractivity contribution in [1.29, 1.82) is 0 Å². The lowest BCUT2D eigenvalue weighted by atomic mass is 9.95. The first-order chi connectivity index (χ1) is 7.18. The van der Waals surface area contributed by atoms with Crippen LogP contribution in [0.1, 0.15) is 31.9 Å². The van der Waals surface area contributed by atoms with Gasteiger partial charge in [-0.25, -0.2) is 0 Å². The number of nitrogens with two attached hydrogens (primary N) is 1. The predicted molar refractivity (Wildman–Crippen MR) is 64.7 cm³/mol. The van der Waals surface area contributed by atoms with Crippen LogP contribution in [-0.2, 0) is 0 Å². The second-order valence-electron chi connectivity index (χ2n) is 4.52. The molecule has 80 valence electrons. The Labute approximate surface area is 90.5 Å². The van der Waals surface area contributed by atoms with E-state index >= 15 is 0 Å². The lowest BCUT2D eigenvalue weighted by molar-refractivity contribution is 0.512. The smallest absolute Gasteiger partial charge is 0.0457 e. The highest BCUT2D eigenvalue weighted by atomic mass is 14.7. The van der Waals surface area contributed by atoms with E-state index in [2.05, 4.69) is 43.1 Å². The average Bonchev–Trinajstić information content (AvgIpc) is 2.63. The molecule has 0 spiro atoms. The molecule has 2 rings (SSSR count). The zero-order valence-corrected chi connectivity index (χ0v) is 9.33. The molecule has 0 aliphatic heterocycles. The Kier molecular flexibility index (Phi) is 2.78. The molecule has 0 fully saturated rings. The summed E-state index contributed by atoms with van der Waals surface area (Å²) in [7, 11) is 0. The van der Waals surface area contributed by atoms with Crippen molar-refractivity contribution in [3.63, 3.8) is 0 Å². The highest BCUT2D eigenvalue weighted by Crippen LogP contribution is 2.25. The van der Waals surface area contributed by atoms with Crippen LogP contribution in [0.4, 0.5) is 0 Å². The van der Waals surface area contributed by atoms with Crippen LogP contribution in [0, 0.1) is 5.92 Å². The van der Waals surface area contributed by atoms with Crippen LogP contribution in [0.15, 0.2) is 30.5 Å². The minimum Gasteiger partial charge on any atom is -0.361 e. The van der Waals surface area contributed by atoms with Crippen molar-refractivity contribution in [3.05, 3.63) is 36.0 Å². The number of nitrogens with one attached hydrogen (secondary N) is 1. The highest BCUT2D eigenvalue weighted by Gasteiger charge is 2.11. The summed E-state index contributed by atoms with van der Waals surface area (Å²) in [4.78, 5) is 3.21. The molecule has 0 amide bonds. The first-order valence-corrected chi connectivity index (χ1v) is 5.50. The van der Waals surface area contributed by atoms with Crippen LogP contribution in [0.25, 0.3) is 10.9 Å². The summed E-state index contributed by atoms with van der Waals surface area (Å²) >= 11 is 0. The van der Waals surface area contributed by atoms with Crippen LogP contribution < -0.4 is 5.73 Å². The quantitative estimate of drug-likeness (QED) is 0.788. The van der Waals surface area contributed by atoms with E-state index in [9.17, 15) is 0 Å². The molecular formula is C13H18N2. The van der Waals surface area contributed by atoms with E-state index in [1.807, 2.05) is 6.20 Å². The number of aromatic amines is 1. The molecule has 15 heavy (non-hydrogen) atoms. The normalized spacial score (nSPS) is 13.6. The third kappa shape index (κ3) is 2.05. The minimum atomic E-state index is 0.143. The Bertz CT molecular complexity index is 442. The van der Waals surface area contributed by atoms with Gasteiger partial charge in [-0.1, -0.05) is 26.0 Å². The summed E-state index contributed by atoms with van der Waals surface area (Å²) in [5.41, 5.74) is 8.63. The summed E-state index contributed by atoms with van der Waals surface area (Å²) in [5, 5.41) is 1.26. The molecule has 0 bridgehead atoms. The van der Waals surface area contributed by atoms with Crippen molar-refractivity contribution in [2.24, 2.45) is 11.7 Å². The molecular weight excluding hydrogens is 184 g/mol.